The number of imidazole rings is 1. The first-order valence-electron chi connectivity index (χ1n) is 10.9. The number of carbonyl (C=O) groups is 2. The van der Waals surface area contributed by atoms with Crippen LogP contribution in [0.1, 0.15) is 62.8 Å². The second kappa shape index (κ2) is 8.30. The number of likely N-dealkylation sites (tertiary alicyclic amines) is 1. The molecular weight excluding hydrogens is 408 g/mol. The highest BCUT2D eigenvalue weighted by Gasteiger charge is 2.29. The lowest BCUT2D eigenvalue weighted by Gasteiger charge is -2.32. The number of benzene rings is 1. The fraction of sp³-hybridized carbons (Fsp3) is 0.375. The smallest absolute Gasteiger partial charge is 0.256 e. The van der Waals surface area contributed by atoms with Crippen LogP contribution in [0.25, 0.3) is 0 Å². The molecule has 1 aromatic carbocycles. The highest BCUT2D eigenvalue weighted by Crippen LogP contribution is 2.30. The Morgan fingerprint density at radius 3 is 2.87 bits per heavy atom. The van der Waals surface area contributed by atoms with Crippen molar-refractivity contribution in [3.05, 3.63) is 70.1 Å². The molecule has 0 radical (unpaired) electrons. The monoisotopic (exact) mass is 434 g/mol. The van der Waals surface area contributed by atoms with Gasteiger partial charge in [-0.05, 0) is 66.8 Å². The predicted molar refractivity (Wildman–Crippen MR) is 122 cm³/mol. The van der Waals surface area contributed by atoms with Crippen LogP contribution in [-0.4, -0.2) is 39.4 Å². The summed E-state index contributed by atoms with van der Waals surface area (Å²) in [6.07, 6.45) is 9.01. The Balaban J connectivity index is 1.31. The van der Waals surface area contributed by atoms with Crippen molar-refractivity contribution in [2.24, 2.45) is 7.05 Å². The number of amides is 2. The zero-order valence-corrected chi connectivity index (χ0v) is 18.5. The molecule has 0 bridgehead atoms. The van der Waals surface area contributed by atoms with E-state index in [0.29, 0.717) is 22.7 Å². The van der Waals surface area contributed by atoms with Crippen molar-refractivity contribution in [2.45, 2.75) is 38.0 Å². The van der Waals surface area contributed by atoms with Crippen molar-refractivity contribution in [1.82, 2.24) is 14.5 Å². The predicted octanol–water partition coefficient (Wildman–Crippen LogP) is 4.24. The van der Waals surface area contributed by atoms with E-state index in [1.807, 2.05) is 52.5 Å². The fourth-order valence-corrected chi connectivity index (χ4v) is 5.55. The standard InChI is InChI=1S/C24H26N4O2S/c1-27-12-10-25-21(27)19-6-3-11-28(15-19)24(30)20-9-13-31-23(20)26-22(29)18-8-7-16-4-2-5-17(16)14-18/h7-10,12-14,19H,2-6,11,15H2,1H3,(H,26,29). The zero-order chi connectivity index (χ0) is 21.4. The molecule has 31 heavy (non-hydrogen) atoms. The molecule has 6 nitrogen and oxygen atoms in total. The number of rotatable bonds is 4. The highest BCUT2D eigenvalue weighted by atomic mass is 32.1. The summed E-state index contributed by atoms with van der Waals surface area (Å²) in [7, 11) is 1.99. The average molecular weight is 435 g/mol. The van der Waals surface area contributed by atoms with Gasteiger partial charge in [-0.3, -0.25) is 9.59 Å². The van der Waals surface area contributed by atoms with Crippen molar-refractivity contribution in [1.29, 1.82) is 0 Å². The minimum atomic E-state index is -0.157. The molecule has 1 fully saturated rings. The molecule has 3 aromatic rings. The van der Waals surface area contributed by atoms with Gasteiger partial charge in [0.2, 0.25) is 0 Å². The van der Waals surface area contributed by atoms with Crippen LogP contribution in [0.4, 0.5) is 5.00 Å². The van der Waals surface area contributed by atoms with Gasteiger partial charge in [0.15, 0.2) is 0 Å². The normalized spacial score (nSPS) is 18.1. The number of carbonyl (C=O) groups excluding carboxylic acids is 2. The zero-order valence-electron chi connectivity index (χ0n) is 17.6. The van der Waals surface area contributed by atoms with E-state index in [-0.39, 0.29) is 17.7 Å². The van der Waals surface area contributed by atoms with Gasteiger partial charge in [0.25, 0.3) is 11.8 Å². The van der Waals surface area contributed by atoms with Gasteiger partial charge in [-0.15, -0.1) is 11.3 Å². The van der Waals surface area contributed by atoms with Crippen LogP contribution in [0.3, 0.4) is 0 Å². The van der Waals surface area contributed by atoms with Gasteiger partial charge in [-0.25, -0.2) is 4.98 Å². The molecule has 2 aromatic heterocycles. The first kappa shape index (κ1) is 20.0. The van der Waals surface area contributed by atoms with E-state index in [1.165, 1.54) is 22.5 Å². The SMILES string of the molecule is Cn1ccnc1C1CCCN(C(=O)c2ccsc2NC(=O)c2ccc3c(c2)CCC3)C1. The fourth-order valence-electron chi connectivity index (χ4n) is 4.78. The van der Waals surface area contributed by atoms with E-state index < -0.39 is 0 Å². The molecule has 1 saturated heterocycles. The van der Waals surface area contributed by atoms with Gasteiger partial charge in [0.05, 0.1) is 5.56 Å². The molecule has 5 rings (SSSR count). The van der Waals surface area contributed by atoms with E-state index in [9.17, 15) is 9.59 Å². The van der Waals surface area contributed by atoms with Crippen molar-refractivity contribution in [2.75, 3.05) is 18.4 Å². The van der Waals surface area contributed by atoms with Crippen LogP contribution in [-0.2, 0) is 19.9 Å². The molecule has 0 spiro atoms. The lowest BCUT2D eigenvalue weighted by molar-refractivity contribution is 0.0705. The Morgan fingerprint density at radius 2 is 2.03 bits per heavy atom. The third-order valence-corrected chi connectivity index (χ3v) is 7.25. The Bertz CT molecular complexity index is 1130. The van der Waals surface area contributed by atoms with Crippen LogP contribution >= 0.6 is 11.3 Å². The minimum Gasteiger partial charge on any atom is -0.338 e. The molecule has 7 heteroatoms. The maximum absolute atomic E-state index is 13.3. The molecule has 2 aliphatic rings. The topological polar surface area (TPSA) is 67.2 Å². The molecule has 3 heterocycles. The van der Waals surface area contributed by atoms with E-state index in [1.54, 1.807) is 0 Å². The largest absolute Gasteiger partial charge is 0.338 e. The van der Waals surface area contributed by atoms with Gasteiger partial charge >= 0.3 is 0 Å². The summed E-state index contributed by atoms with van der Waals surface area (Å²) in [5, 5.41) is 5.47. The summed E-state index contributed by atoms with van der Waals surface area (Å²) in [4.78, 5) is 32.6. The Hall–Kier alpha value is -2.93. The number of thiophene rings is 1. The summed E-state index contributed by atoms with van der Waals surface area (Å²) in [5.74, 6) is 1.08. The van der Waals surface area contributed by atoms with Gasteiger partial charge in [0, 0.05) is 44.0 Å². The first-order chi connectivity index (χ1) is 15.1. The summed E-state index contributed by atoms with van der Waals surface area (Å²) in [6, 6.07) is 7.75. The average Bonchev–Trinajstić information content (AvgIpc) is 3.53. The second-order valence-electron chi connectivity index (χ2n) is 8.44. The van der Waals surface area contributed by atoms with Crippen molar-refractivity contribution < 1.29 is 9.59 Å². The number of aryl methyl sites for hydroxylation is 3. The van der Waals surface area contributed by atoms with E-state index in [4.69, 9.17) is 0 Å². The van der Waals surface area contributed by atoms with Gasteiger partial charge < -0.3 is 14.8 Å². The van der Waals surface area contributed by atoms with Crippen molar-refractivity contribution >= 4 is 28.2 Å². The summed E-state index contributed by atoms with van der Waals surface area (Å²) >= 11 is 1.40. The third-order valence-electron chi connectivity index (χ3n) is 6.42. The van der Waals surface area contributed by atoms with E-state index >= 15 is 0 Å². The number of nitrogens with zero attached hydrogens (tertiary/aromatic N) is 3. The van der Waals surface area contributed by atoms with Crippen molar-refractivity contribution in [3.63, 3.8) is 0 Å². The molecular formula is C24H26N4O2S. The van der Waals surface area contributed by atoms with Crippen LogP contribution in [0.5, 0.6) is 0 Å². The third kappa shape index (κ3) is 3.90. The Labute approximate surface area is 185 Å². The van der Waals surface area contributed by atoms with E-state index in [0.717, 1.165) is 44.5 Å². The number of nitrogens with one attached hydrogen (secondary N) is 1. The van der Waals surface area contributed by atoms with E-state index in [2.05, 4.69) is 16.4 Å². The number of anilines is 1. The number of piperidine rings is 1. The van der Waals surface area contributed by atoms with Gasteiger partial charge in [-0.1, -0.05) is 6.07 Å². The lowest BCUT2D eigenvalue weighted by atomic mass is 9.96. The summed E-state index contributed by atoms with van der Waals surface area (Å²) in [5.41, 5.74) is 3.83. The van der Waals surface area contributed by atoms with Gasteiger partial charge in [-0.2, -0.15) is 0 Å². The maximum atomic E-state index is 13.3. The van der Waals surface area contributed by atoms with Crippen LogP contribution < -0.4 is 5.32 Å². The van der Waals surface area contributed by atoms with Crippen LogP contribution in [0.15, 0.2) is 42.0 Å². The lowest BCUT2D eigenvalue weighted by Crippen LogP contribution is -2.39. The molecule has 1 N–H and O–H groups in total. The molecule has 1 aliphatic heterocycles. The van der Waals surface area contributed by atoms with Crippen molar-refractivity contribution in [3.8, 4) is 0 Å². The van der Waals surface area contributed by atoms with Crippen LogP contribution in [0, 0.1) is 0 Å². The molecule has 160 valence electrons. The molecule has 1 atom stereocenters. The molecule has 1 unspecified atom stereocenters. The Morgan fingerprint density at radius 1 is 1.16 bits per heavy atom. The number of fused-ring (bicyclic) bond motifs is 1. The summed E-state index contributed by atoms with van der Waals surface area (Å²) in [6.45, 7) is 1.38. The van der Waals surface area contributed by atoms with Gasteiger partial charge in [0.1, 0.15) is 10.8 Å². The first-order valence-corrected chi connectivity index (χ1v) is 11.8. The molecule has 2 amide bonds. The molecule has 0 saturated carbocycles. The summed E-state index contributed by atoms with van der Waals surface area (Å²) < 4.78 is 2.03. The Kier molecular flexibility index (Phi) is 5.36. The number of hydrogen-bond acceptors (Lipinski definition) is 4. The minimum absolute atomic E-state index is 0.0237. The molecule has 1 aliphatic carbocycles. The van der Waals surface area contributed by atoms with Crippen LogP contribution in [0.2, 0.25) is 0 Å². The quantitative estimate of drug-likeness (QED) is 0.668. The second-order valence-corrected chi connectivity index (χ2v) is 9.36. The number of aromatic nitrogens is 2. The highest BCUT2D eigenvalue weighted by molar-refractivity contribution is 7.14. The maximum Gasteiger partial charge on any atom is 0.256 e. The number of hydrogen-bond donors (Lipinski definition) is 1.